The number of aliphatic hydroxyl groups excluding tert-OH is 4. The van der Waals surface area contributed by atoms with Gasteiger partial charge < -0.3 is 79.5 Å². The molecule has 10 atom stereocenters. The Hall–Kier alpha value is -5.50. The van der Waals surface area contributed by atoms with Crippen LogP contribution in [0.5, 0.6) is 0 Å². The van der Waals surface area contributed by atoms with E-state index in [1.807, 2.05) is 5.32 Å². The Morgan fingerprint density at radius 2 is 0.770 bits per heavy atom. The zero-order valence-corrected chi connectivity index (χ0v) is 35.5. The van der Waals surface area contributed by atoms with Crippen LogP contribution in [0.1, 0.15) is 68.2 Å². The number of carboxylic acid groups (broad SMARTS) is 1. The summed E-state index contributed by atoms with van der Waals surface area (Å²) in [6.45, 7) is 8.89. The molecule has 25 nitrogen and oxygen atoms in total. The van der Waals surface area contributed by atoms with Gasteiger partial charge in [-0.05, 0) is 38.0 Å². The van der Waals surface area contributed by atoms with Crippen molar-refractivity contribution in [2.75, 3.05) is 19.8 Å². The van der Waals surface area contributed by atoms with Crippen molar-refractivity contribution in [1.82, 2.24) is 42.5 Å². The van der Waals surface area contributed by atoms with Crippen LogP contribution in [-0.4, -0.2) is 165 Å². The van der Waals surface area contributed by atoms with E-state index < -0.39 is 158 Å². The summed E-state index contributed by atoms with van der Waals surface area (Å²) >= 11 is 0. The average molecular weight is 877 g/mol. The molecule has 0 rings (SSSR count). The van der Waals surface area contributed by atoms with E-state index in [1.165, 1.54) is 20.8 Å². The molecule has 17 N–H and O–H groups in total. The summed E-state index contributed by atoms with van der Waals surface area (Å²) in [5.41, 5.74) is 10.8. The van der Waals surface area contributed by atoms with Gasteiger partial charge in [-0.25, -0.2) is 4.79 Å². The normalized spacial score (nSPS) is 16.2. The molecule has 0 bridgehead atoms. The van der Waals surface area contributed by atoms with Gasteiger partial charge in [-0.1, -0.05) is 41.5 Å². The molecule has 0 unspecified atom stereocenters. The minimum absolute atomic E-state index is 0.0817. The molecule has 61 heavy (non-hydrogen) atoms. The first-order valence-corrected chi connectivity index (χ1v) is 19.4. The van der Waals surface area contributed by atoms with Crippen LogP contribution in [0.2, 0.25) is 0 Å². The molecule has 0 aromatic carbocycles. The summed E-state index contributed by atoms with van der Waals surface area (Å²) in [6, 6.07) is -14.1. The third-order valence-electron chi connectivity index (χ3n) is 8.78. The number of aliphatic hydroxyl groups is 4. The van der Waals surface area contributed by atoms with Crippen molar-refractivity contribution in [3.05, 3.63) is 0 Å². The van der Waals surface area contributed by atoms with Gasteiger partial charge in [-0.2, -0.15) is 0 Å². The van der Waals surface area contributed by atoms with Gasteiger partial charge in [-0.15, -0.1) is 0 Å². The van der Waals surface area contributed by atoms with Crippen molar-refractivity contribution in [2.24, 2.45) is 29.2 Å². The molecule has 0 heterocycles. The lowest BCUT2D eigenvalue weighted by Gasteiger charge is -2.28. The summed E-state index contributed by atoms with van der Waals surface area (Å²) in [5, 5.41) is 67.3. The van der Waals surface area contributed by atoms with E-state index in [0.29, 0.717) is 0 Å². The second-order valence-corrected chi connectivity index (χ2v) is 15.5. The van der Waals surface area contributed by atoms with E-state index in [2.05, 4.69) is 37.2 Å². The third-order valence-corrected chi connectivity index (χ3v) is 8.78. The van der Waals surface area contributed by atoms with Crippen LogP contribution in [0, 0.1) is 17.8 Å². The first-order valence-electron chi connectivity index (χ1n) is 19.4. The standard InChI is InChI=1S/C36H64N10O15/c1-14(2)9-20(36(60)61)40-33(57)26(16(5)6)45-32(56)23(13-49)41-31(55)22(12-48)43-35(59)27(18(8)50)46-29(53)19(10-24(38)51)39-30(54)21(11-47)42-34(58)25(15(3)4)44-28(52)17(7)37/h14-23,25-27,47-50H,9-13,37H2,1-8H3,(H2,38,51)(H,39,54)(H,40,57)(H,41,55)(H,42,58)(H,43,59)(H,44,52)(H,45,56)(H,46,53)(H,60,61)/t17-,18+,19-,20-,21-,22-,23-,25-,26-,27-/m0/s1. The highest BCUT2D eigenvalue weighted by Crippen LogP contribution is 2.09. The van der Waals surface area contributed by atoms with Crippen molar-refractivity contribution in [1.29, 1.82) is 0 Å². The van der Waals surface area contributed by atoms with E-state index in [0.717, 1.165) is 6.92 Å². The molecule has 9 amide bonds. The number of primary amides is 1. The molecule has 0 saturated carbocycles. The number of carbonyl (C=O) groups excluding carboxylic acids is 9. The predicted molar refractivity (Wildman–Crippen MR) is 213 cm³/mol. The molecule has 0 aromatic rings. The highest BCUT2D eigenvalue weighted by atomic mass is 16.4. The average Bonchev–Trinajstić information content (AvgIpc) is 3.15. The zero-order valence-electron chi connectivity index (χ0n) is 35.5. The van der Waals surface area contributed by atoms with Crippen molar-refractivity contribution in [3.8, 4) is 0 Å². The summed E-state index contributed by atoms with van der Waals surface area (Å²) in [7, 11) is 0. The molecule has 348 valence electrons. The second-order valence-electron chi connectivity index (χ2n) is 15.5. The molecule has 0 aliphatic rings. The van der Waals surface area contributed by atoms with Crippen LogP contribution in [0.3, 0.4) is 0 Å². The van der Waals surface area contributed by atoms with Crippen LogP contribution in [0.15, 0.2) is 0 Å². The molecule has 0 spiro atoms. The smallest absolute Gasteiger partial charge is 0.326 e. The number of nitrogens with one attached hydrogen (secondary N) is 8. The topological polar surface area (TPSA) is 420 Å². The predicted octanol–water partition coefficient (Wildman–Crippen LogP) is -7.11. The number of amides is 9. The Morgan fingerprint density at radius 3 is 1.10 bits per heavy atom. The molecule has 0 fully saturated rings. The fourth-order valence-corrected chi connectivity index (χ4v) is 5.28. The fourth-order valence-electron chi connectivity index (χ4n) is 5.28. The number of rotatable bonds is 27. The van der Waals surface area contributed by atoms with Crippen LogP contribution in [0.25, 0.3) is 0 Å². The fraction of sp³-hybridized carbons (Fsp3) is 0.722. The Balaban J connectivity index is 5.99. The van der Waals surface area contributed by atoms with Crippen LogP contribution in [-0.2, 0) is 47.9 Å². The molecule has 0 aliphatic heterocycles. The van der Waals surface area contributed by atoms with E-state index in [9.17, 15) is 73.5 Å². The minimum atomic E-state index is -1.96. The molecule has 0 aliphatic carbocycles. The van der Waals surface area contributed by atoms with Gasteiger partial charge in [0.05, 0.1) is 38.4 Å². The lowest BCUT2D eigenvalue weighted by molar-refractivity contribution is -0.143. The molecular weight excluding hydrogens is 812 g/mol. The number of carboxylic acids is 1. The molecule has 0 saturated heterocycles. The first-order chi connectivity index (χ1) is 28.2. The van der Waals surface area contributed by atoms with E-state index >= 15 is 0 Å². The second kappa shape index (κ2) is 26.7. The SMILES string of the molecule is CC(C)C[C@H](NC(=O)[C@@H](NC(=O)[C@H](CO)NC(=O)[C@H](CO)NC(=O)[C@@H](NC(=O)[C@H](CC(N)=O)NC(=O)[C@H](CO)NC(=O)[C@@H](NC(=O)[C@H](C)N)C(C)C)[C@@H](C)O)C(C)C)C(=O)O. The molecule has 0 radical (unpaired) electrons. The first kappa shape index (κ1) is 55.5. The maximum atomic E-state index is 13.3. The largest absolute Gasteiger partial charge is 0.480 e. The monoisotopic (exact) mass is 876 g/mol. The third kappa shape index (κ3) is 19.2. The van der Waals surface area contributed by atoms with Gasteiger partial charge >= 0.3 is 5.97 Å². The number of carbonyl (C=O) groups is 10. The van der Waals surface area contributed by atoms with Crippen molar-refractivity contribution < 1.29 is 73.5 Å². The maximum Gasteiger partial charge on any atom is 0.326 e. The molecular formula is C36H64N10O15. The van der Waals surface area contributed by atoms with Gasteiger partial charge in [-0.3, -0.25) is 43.2 Å². The van der Waals surface area contributed by atoms with Crippen molar-refractivity contribution in [3.63, 3.8) is 0 Å². The Morgan fingerprint density at radius 1 is 0.459 bits per heavy atom. The Labute approximate surface area is 352 Å². The summed E-state index contributed by atoms with van der Waals surface area (Å²) in [6.07, 6.45) is -2.57. The number of hydrogen-bond acceptors (Lipinski definition) is 15. The highest BCUT2D eigenvalue weighted by molar-refractivity contribution is 5.99. The highest BCUT2D eigenvalue weighted by Gasteiger charge is 2.37. The van der Waals surface area contributed by atoms with E-state index in [-0.39, 0.29) is 12.3 Å². The van der Waals surface area contributed by atoms with E-state index in [1.54, 1.807) is 27.7 Å². The lowest BCUT2D eigenvalue weighted by Crippen LogP contribution is -2.63. The minimum Gasteiger partial charge on any atom is -0.480 e. The van der Waals surface area contributed by atoms with Crippen LogP contribution < -0.4 is 54.0 Å². The molecule has 0 aromatic heterocycles. The Bertz CT molecular complexity index is 1560. The maximum absolute atomic E-state index is 13.3. The zero-order chi connectivity index (χ0) is 47.5. The summed E-state index contributed by atoms with van der Waals surface area (Å²) < 4.78 is 0. The quantitative estimate of drug-likeness (QED) is 0.0365. The number of hydrogen-bond donors (Lipinski definition) is 15. The lowest BCUT2D eigenvalue weighted by atomic mass is 10.00. The van der Waals surface area contributed by atoms with E-state index in [4.69, 9.17) is 11.5 Å². The van der Waals surface area contributed by atoms with Gasteiger partial charge in [0.15, 0.2) is 0 Å². The van der Waals surface area contributed by atoms with Gasteiger partial charge in [0.2, 0.25) is 53.2 Å². The van der Waals surface area contributed by atoms with Gasteiger partial charge in [0.25, 0.3) is 0 Å². The summed E-state index contributed by atoms with van der Waals surface area (Å²) in [4.78, 5) is 128. The van der Waals surface area contributed by atoms with Gasteiger partial charge in [0, 0.05) is 0 Å². The van der Waals surface area contributed by atoms with Crippen LogP contribution in [0.4, 0.5) is 0 Å². The van der Waals surface area contributed by atoms with Crippen molar-refractivity contribution >= 4 is 59.1 Å². The van der Waals surface area contributed by atoms with Crippen molar-refractivity contribution in [2.45, 2.75) is 129 Å². The van der Waals surface area contributed by atoms with Crippen LogP contribution >= 0.6 is 0 Å². The Kier molecular flexibility index (Phi) is 24.3. The molecule has 25 heteroatoms. The number of nitrogens with two attached hydrogens (primary N) is 2. The summed E-state index contributed by atoms with van der Waals surface area (Å²) in [5.74, 6) is -12.3. The number of aliphatic carboxylic acids is 1. The van der Waals surface area contributed by atoms with Gasteiger partial charge in [0.1, 0.15) is 48.3 Å².